The lowest BCUT2D eigenvalue weighted by Gasteiger charge is -2.09. The maximum Gasteiger partial charge on any atom is 0.264 e. The number of nitrogens with zero attached hydrogens (tertiary/aromatic N) is 4. The highest BCUT2D eigenvalue weighted by molar-refractivity contribution is 7.98. The molecule has 7 nitrogen and oxygen atoms in total. The van der Waals surface area contributed by atoms with Crippen LogP contribution in [0.25, 0.3) is 11.0 Å². The second-order valence-electron chi connectivity index (χ2n) is 7.23. The van der Waals surface area contributed by atoms with Crippen molar-refractivity contribution in [3.05, 3.63) is 88.1 Å². The van der Waals surface area contributed by atoms with E-state index in [1.807, 2.05) is 55.6 Å². The van der Waals surface area contributed by atoms with Crippen molar-refractivity contribution in [3.63, 3.8) is 0 Å². The van der Waals surface area contributed by atoms with Gasteiger partial charge in [-0.1, -0.05) is 42.0 Å². The second kappa shape index (κ2) is 9.18. The van der Waals surface area contributed by atoms with Crippen LogP contribution < -0.4 is 10.9 Å². The number of hydrogen-bond donors (Lipinski definition) is 1. The minimum atomic E-state index is -0.130. The number of carbonyl (C=O) groups excluding carboxylic acids is 1. The van der Waals surface area contributed by atoms with Gasteiger partial charge in [-0.3, -0.25) is 14.2 Å². The van der Waals surface area contributed by atoms with Crippen molar-refractivity contribution in [1.29, 1.82) is 0 Å². The van der Waals surface area contributed by atoms with Gasteiger partial charge in [0.25, 0.3) is 11.5 Å². The first-order chi connectivity index (χ1) is 15.1. The molecule has 2 aromatic heterocycles. The number of thioether (sulfide) groups is 1. The van der Waals surface area contributed by atoms with Crippen LogP contribution in [0.4, 0.5) is 0 Å². The smallest absolute Gasteiger partial charge is 0.264 e. The fourth-order valence-electron chi connectivity index (χ4n) is 3.48. The van der Waals surface area contributed by atoms with E-state index in [1.165, 1.54) is 11.8 Å². The Morgan fingerprint density at radius 2 is 2.00 bits per heavy atom. The molecule has 2 heterocycles. The summed E-state index contributed by atoms with van der Waals surface area (Å²) in [6.07, 6.45) is 5.04. The van der Waals surface area contributed by atoms with Gasteiger partial charge < -0.3 is 5.32 Å². The fraction of sp³-hybridized carbons (Fsp3) is 0.217. The van der Waals surface area contributed by atoms with E-state index in [9.17, 15) is 9.59 Å². The molecule has 0 atom stereocenters. The molecule has 1 N–H and O–H groups in total. The van der Waals surface area contributed by atoms with Crippen molar-refractivity contribution in [3.8, 4) is 0 Å². The summed E-state index contributed by atoms with van der Waals surface area (Å²) in [5.74, 6) is -0.130. The maximum atomic E-state index is 12.9. The zero-order valence-electron chi connectivity index (χ0n) is 17.4. The maximum absolute atomic E-state index is 12.9. The number of hydrogen-bond acceptors (Lipinski definition) is 5. The number of rotatable bonds is 7. The van der Waals surface area contributed by atoms with Crippen LogP contribution in [0.15, 0.2) is 70.7 Å². The van der Waals surface area contributed by atoms with Crippen LogP contribution >= 0.6 is 11.8 Å². The van der Waals surface area contributed by atoms with Crippen LogP contribution in [-0.2, 0) is 13.1 Å². The summed E-state index contributed by atoms with van der Waals surface area (Å²) in [5.41, 5.74) is 3.23. The molecule has 0 aliphatic carbocycles. The molecular weight excluding hydrogens is 410 g/mol. The molecule has 0 aliphatic heterocycles. The van der Waals surface area contributed by atoms with E-state index in [-0.39, 0.29) is 11.5 Å². The Bertz CT molecular complexity index is 1290. The molecule has 0 saturated heterocycles. The zero-order chi connectivity index (χ0) is 21.8. The topological polar surface area (TPSA) is 81.8 Å². The first-order valence-corrected chi connectivity index (χ1v) is 11.2. The number of aryl methyl sites for hydroxylation is 1. The predicted molar refractivity (Wildman–Crippen MR) is 123 cm³/mol. The Morgan fingerprint density at radius 3 is 2.81 bits per heavy atom. The van der Waals surface area contributed by atoms with E-state index in [0.29, 0.717) is 36.2 Å². The summed E-state index contributed by atoms with van der Waals surface area (Å²) >= 11 is 1.54. The molecule has 4 rings (SSSR count). The molecule has 0 fully saturated rings. The molecule has 0 spiro atoms. The second-order valence-corrected chi connectivity index (χ2v) is 8.08. The van der Waals surface area contributed by atoms with E-state index in [0.717, 1.165) is 16.0 Å². The van der Waals surface area contributed by atoms with E-state index >= 15 is 0 Å². The van der Waals surface area contributed by atoms with Gasteiger partial charge in [0.1, 0.15) is 11.7 Å². The molecule has 1 amide bonds. The molecule has 0 unspecified atom stereocenters. The van der Waals surface area contributed by atoms with Crippen LogP contribution in [0.5, 0.6) is 0 Å². The standard InChI is InChI=1S/C23H23N5O2S/c1-16-6-5-7-17(12-16)14-27-15-25-21-19(23(27)30)13-26-28(21)11-10-24-22(29)18-8-3-4-9-20(18)31-2/h3-9,12-13,15H,10-11,14H2,1-2H3,(H,24,29). The third-order valence-electron chi connectivity index (χ3n) is 5.02. The lowest BCUT2D eigenvalue weighted by atomic mass is 10.1. The van der Waals surface area contributed by atoms with Crippen molar-refractivity contribution in [2.75, 3.05) is 12.8 Å². The summed E-state index contributed by atoms with van der Waals surface area (Å²) in [5, 5.41) is 7.69. The summed E-state index contributed by atoms with van der Waals surface area (Å²) in [4.78, 5) is 30.7. The fourth-order valence-corrected chi connectivity index (χ4v) is 4.08. The Hall–Kier alpha value is -3.39. The average molecular weight is 434 g/mol. The van der Waals surface area contributed by atoms with Gasteiger partial charge in [0, 0.05) is 11.4 Å². The Kier molecular flexibility index (Phi) is 6.18. The molecule has 158 valence electrons. The normalized spacial score (nSPS) is 11.0. The monoisotopic (exact) mass is 433 g/mol. The lowest BCUT2D eigenvalue weighted by Crippen LogP contribution is -2.28. The summed E-state index contributed by atoms with van der Waals surface area (Å²) in [6, 6.07) is 15.5. The highest BCUT2D eigenvalue weighted by Gasteiger charge is 2.12. The minimum Gasteiger partial charge on any atom is -0.350 e. The van der Waals surface area contributed by atoms with Gasteiger partial charge in [0.2, 0.25) is 0 Å². The van der Waals surface area contributed by atoms with Gasteiger partial charge in [-0.15, -0.1) is 11.8 Å². The zero-order valence-corrected chi connectivity index (χ0v) is 18.2. The first kappa shape index (κ1) is 20.9. The summed E-state index contributed by atoms with van der Waals surface area (Å²) in [7, 11) is 0. The number of aromatic nitrogens is 4. The van der Waals surface area contributed by atoms with E-state index in [4.69, 9.17) is 0 Å². The molecule has 0 saturated carbocycles. The Labute approximate surface area is 184 Å². The molecule has 0 radical (unpaired) electrons. The van der Waals surface area contributed by atoms with Gasteiger partial charge in [-0.2, -0.15) is 5.10 Å². The first-order valence-electron chi connectivity index (χ1n) is 9.94. The number of nitrogens with one attached hydrogen (secondary N) is 1. The van der Waals surface area contributed by atoms with Gasteiger partial charge in [-0.25, -0.2) is 9.67 Å². The average Bonchev–Trinajstić information content (AvgIpc) is 3.19. The van der Waals surface area contributed by atoms with Crippen molar-refractivity contribution in [2.24, 2.45) is 0 Å². The van der Waals surface area contributed by atoms with Crippen molar-refractivity contribution in [2.45, 2.75) is 24.9 Å². The Balaban J connectivity index is 1.46. The number of fused-ring (bicyclic) bond motifs is 1. The largest absolute Gasteiger partial charge is 0.350 e. The SMILES string of the molecule is CSc1ccccc1C(=O)NCCn1ncc2c(=O)n(Cc3cccc(C)c3)cnc21. The van der Waals surface area contributed by atoms with Crippen LogP contribution in [0.1, 0.15) is 21.5 Å². The summed E-state index contributed by atoms with van der Waals surface area (Å²) < 4.78 is 3.23. The molecule has 4 aromatic rings. The molecular formula is C23H23N5O2S. The molecule has 2 aromatic carbocycles. The van der Waals surface area contributed by atoms with E-state index < -0.39 is 0 Å². The molecule has 0 bridgehead atoms. The highest BCUT2D eigenvalue weighted by Crippen LogP contribution is 2.19. The Morgan fingerprint density at radius 1 is 1.16 bits per heavy atom. The molecule has 31 heavy (non-hydrogen) atoms. The number of amides is 1. The van der Waals surface area contributed by atoms with E-state index in [1.54, 1.807) is 21.8 Å². The van der Waals surface area contributed by atoms with Crippen LogP contribution in [-0.4, -0.2) is 38.0 Å². The van der Waals surface area contributed by atoms with Crippen LogP contribution in [0.2, 0.25) is 0 Å². The van der Waals surface area contributed by atoms with Gasteiger partial charge in [0.05, 0.1) is 24.8 Å². The van der Waals surface area contributed by atoms with Gasteiger partial charge in [0.15, 0.2) is 5.65 Å². The van der Waals surface area contributed by atoms with Crippen molar-refractivity contribution in [1.82, 2.24) is 24.6 Å². The van der Waals surface area contributed by atoms with E-state index in [2.05, 4.69) is 21.5 Å². The predicted octanol–water partition coefficient (Wildman–Crippen LogP) is 3.10. The third-order valence-corrected chi connectivity index (χ3v) is 5.81. The lowest BCUT2D eigenvalue weighted by molar-refractivity contribution is 0.0949. The van der Waals surface area contributed by atoms with Gasteiger partial charge >= 0.3 is 0 Å². The van der Waals surface area contributed by atoms with Gasteiger partial charge in [-0.05, 0) is 30.9 Å². The minimum absolute atomic E-state index is 0.129. The van der Waals surface area contributed by atoms with Crippen LogP contribution in [0, 0.1) is 6.92 Å². The number of benzene rings is 2. The number of carbonyl (C=O) groups is 1. The van der Waals surface area contributed by atoms with Crippen molar-refractivity contribution < 1.29 is 4.79 Å². The summed E-state index contributed by atoms with van der Waals surface area (Å²) in [6.45, 7) is 3.28. The quantitative estimate of drug-likeness (QED) is 0.453. The van der Waals surface area contributed by atoms with Crippen LogP contribution in [0.3, 0.4) is 0 Å². The highest BCUT2D eigenvalue weighted by atomic mass is 32.2. The third kappa shape index (κ3) is 4.54. The van der Waals surface area contributed by atoms with Crippen molar-refractivity contribution >= 4 is 28.7 Å². The molecule has 0 aliphatic rings. The molecule has 8 heteroatoms.